The minimum atomic E-state index is 0.0378. The van der Waals surface area contributed by atoms with Crippen LogP contribution in [0.15, 0.2) is 59.2 Å². The van der Waals surface area contributed by atoms with E-state index in [9.17, 15) is 0 Å². The SMILES string of the molecule is Brc1ccc(OC2c3ccccc3CC2N2CC3CNCC3C2)c(-c2ccn[nH]2)c1. The Morgan fingerprint density at radius 3 is 2.67 bits per heavy atom. The van der Waals surface area contributed by atoms with Crippen LogP contribution < -0.4 is 10.1 Å². The lowest BCUT2D eigenvalue weighted by atomic mass is 10.0. The molecule has 2 saturated heterocycles. The summed E-state index contributed by atoms with van der Waals surface area (Å²) in [5.41, 5.74) is 4.75. The molecule has 4 unspecified atom stereocenters. The van der Waals surface area contributed by atoms with Gasteiger partial charge in [0.1, 0.15) is 11.9 Å². The number of hydrogen-bond acceptors (Lipinski definition) is 4. The first kappa shape index (κ1) is 18.6. The number of fused-ring (bicyclic) bond motifs is 2. The number of rotatable bonds is 4. The molecule has 0 radical (unpaired) electrons. The van der Waals surface area contributed by atoms with E-state index in [0.717, 1.165) is 52.8 Å². The molecule has 154 valence electrons. The maximum absolute atomic E-state index is 6.83. The zero-order valence-electron chi connectivity index (χ0n) is 16.7. The van der Waals surface area contributed by atoms with E-state index in [1.807, 2.05) is 6.07 Å². The molecular formula is C24H25BrN4O. The zero-order chi connectivity index (χ0) is 20.1. The van der Waals surface area contributed by atoms with Crippen molar-refractivity contribution in [2.75, 3.05) is 26.2 Å². The number of halogens is 1. The van der Waals surface area contributed by atoms with E-state index in [2.05, 4.69) is 78.8 Å². The molecule has 1 aliphatic carbocycles. The number of H-pyrrole nitrogens is 1. The van der Waals surface area contributed by atoms with Crippen LogP contribution in [0.3, 0.4) is 0 Å². The van der Waals surface area contributed by atoms with Crippen LogP contribution in [0.1, 0.15) is 17.2 Å². The Balaban J connectivity index is 1.35. The predicted molar refractivity (Wildman–Crippen MR) is 120 cm³/mol. The standard InChI is InChI=1S/C24H25BrN4O/c25-18-5-6-23(20(10-18)21-7-8-27-28-21)30-24-19-4-2-1-3-15(19)9-22(24)29-13-16-11-26-12-17(16)14-29/h1-8,10,16-17,22,24,26H,9,11-14H2,(H,27,28). The summed E-state index contributed by atoms with van der Waals surface area (Å²) in [4.78, 5) is 2.69. The van der Waals surface area contributed by atoms with E-state index in [4.69, 9.17) is 4.74 Å². The average molecular weight is 465 g/mol. The van der Waals surface area contributed by atoms with Crippen molar-refractivity contribution in [2.45, 2.75) is 18.6 Å². The molecule has 2 fully saturated rings. The number of benzene rings is 2. The molecule has 0 spiro atoms. The van der Waals surface area contributed by atoms with E-state index < -0.39 is 0 Å². The van der Waals surface area contributed by atoms with Gasteiger partial charge in [-0.1, -0.05) is 40.2 Å². The number of aromatic nitrogens is 2. The number of aromatic amines is 1. The van der Waals surface area contributed by atoms with Crippen molar-refractivity contribution >= 4 is 15.9 Å². The highest BCUT2D eigenvalue weighted by Crippen LogP contribution is 2.43. The molecule has 6 heteroatoms. The largest absolute Gasteiger partial charge is 0.483 e. The summed E-state index contributed by atoms with van der Waals surface area (Å²) in [5.74, 6) is 2.46. The molecule has 4 atom stereocenters. The lowest BCUT2D eigenvalue weighted by molar-refractivity contribution is 0.0894. The van der Waals surface area contributed by atoms with Gasteiger partial charge in [0.2, 0.25) is 0 Å². The second-order valence-corrected chi connectivity index (χ2v) is 9.67. The van der Waals surface area contributed by atoms with Gasteiger partial charge in [-0.25, -0.2) is 0 Å². The van der Waals surface area contributed by atoms with Crippen molar-refractivity contribution < 1.29 is 4.74 Å². The Hall–Kier alpha value is -2.15. The third-order valence-electron chi connectivity index (χ3n) is 7.01. The molecule has 0 amide bonds. The van der Waals surface area contributed by atoms with Crippen LogP contribution in [-0.4, -0.2) is 47.3 Å². The van der Waals surface area contributed by atoms with E-state index in [-0.39, 0.29) is 6.10 Å². The number of nitrogens with one attached hydrogen (secondary N) is 2. The third kappa shape index (κ3) is 3.18. The highest BCUT2D eigenvalue weighted by atomic mass is 79.9. The van der Waals surface area contributed by atoms with Crippen molar-refractivity contribution in [1.82, 2.24) is 20.4 Å². The van der Waals surface area contributed by atoms with Gasteiger partial charge in [0.05, 0.1) is 11.7 Å². The summed E-state index contributed by atoms with van der Waals surface area (Å²) in [5, 5.41) is 10.8. The third-order valence-corrected chi connectivity index (χ3v) is 7.51. The Bertz CT molecular complexity index is 1040. The highest BCUT2D eigenvalue weighted by Gasteiger charge is 2.45. The molecule has 3 aromatic rings. The fourth-order valence-electron chi connectivity index (χ4n) is 5.52. The van der Waals surface area contributed by atoms with E-state index in [1.54, 1.807) is 6.20 Å². The number of ether oxygens (including phenoxy) is 1. The Kier molecular flexibility index (Phi) is 4.66. The van der Waals surface area contributed by atoms with Gasteiger partial charge in [-0.2, -0.15) is 5.10 Å². The summed E-state index contributed by atoms with van der Waals surface area (Å²) < 4.78 is 7.86. The summed E-state index contributed by atoms with van der Waals surface area (Å²) >= 11 is 3.61. The normalized spacial score (nSPS) is 27.9. The van der Waals surface area contributed by atoms with E-state index in [1.165, 1.54) is 24.2 Å². The van der Waals surface area contributed by atoms with E-state index in [0.29, 0.717) is 6.04 Å². The van der Waals surface area contributed by atoms with Gasteiger partial charge in [0.15, 0.2) is 0 Å². The van der Waals surface area contributed by atoms with Crippen molar-refractivity contribution in [3.05, 3.63) is 70.3 Å². The molecule has 30 heavy (non-hydrogen) atoms. The van der Waals surface area contributed by atoms with Crippen LogP contribution >= 0.6 is 15.9 Å². The zero-order valence-corrected chi connectivity index (χ0v) is 18.3. The summed E-state index contributed by atoms with van der Waals surface area (Å²) in [6, 6.07) is 17.4. The quantitative estimate of drug-likeness (QED) is 0.611. The van der Waals surface area contributed by atoms with Crippen LogP contribution in [0, 0.1) is 11.8 Å². The van der Waals surface area contributed by atoms with Crippen molar-refractivity contribution in [3.63, 3.8) is 0 Å². The fourth-order valence-corrected chi connectivity index (χ4v) is 5.88. The van der Waals surface area contributed by atoms with Crippen LogP contribution in [0.2, 0.25) is 0 Å². The average Bonchev–Trinajstić information content (AvgIpc) is 3.53. The van der Waals surface area contributed by atoms with Crippen LogP contribution in [0.4, 0.5) is 0 Å². The summed E-state index contributed by atoms with van der Waals surface area (Å²) in [7, 11) is 0. The van der Waals surface area contributed by atoms with Gasteiger partial charge in [-0.05, 0) is 66.7 Å². The molecule has 3 aliphatic rings. The van der Waals surface area contributed by atoms with Gasteiger partial charge < -0.3 is 10.1 Å². The smallest absolute Gasteiger partial charge is 0.140 e. The second-order valence-electron chi connectivity index (χ2n) is 8.75. The molecule has 6 rings (SSSR count). The van der Waals surface area contributed by atoms with Gasteiger partial charge in [0.25, 0.3) is 0 Å². The maximum atomic E-state index is 6.83. The minimum absolute atomic E-state index is 0.0378. The number of hydrogen-bond donors (Lipinski definition) is 2. The Labute approximate surface area is 185 Å². The highest BCUT2D eigenvalue weighted by molar-refractivity contribution is 9.10. The number of nitrogens with zero attached hydrogens (tertiary/aromatic N) is 2. The van der Waals surface area contributed by atoms with E-state index >= 15 is 0 Å². The molecule has 2 aromatic carbocycles. The first-order valence-electron chi connectivity index (χ1n) is 10.7. The van der Waals surface area contributed by atoms with Crippen molar-refractivity contribution in [3.8, 4) is 17.0 Å². The van der Waals surface area contributed by atoms with Crippen molar-refractivity contribution in [1.29, 1.82) is 0 Å². The molecule has 5 nitrogen and oxygen atoms in total. The molecule has 3 heterocycles. The Morgan fingerprint density at radius 1 is 1.03 bits per heavy atom. The molecule has 2 aliphatic heterocycles. The first-order chi connectivity index (χ1) is 14.8. The van der Waals surface area contributed by atoms with Gasteiger partial charge >= 0.3 is 0 Å². The van der Waals surface area contributed by atoms with Crippen LogP contribution in [-0.2, 0) is 6.42 Å². The predicted octanol–water partition coefficient (Wildman–Crippen LogP) is 4.04. The lowest BCUT2D eigenvalue weighted by Crippen LogP contribution is -2.40. The van der Waals surface area contributed by atoms with Crippen LogP contribution in [0.25, 0.3) is 11.3 Å². The molecule has 0 saturated carbocycles. The first-order valence-corrected chi connectivity index (χ1v) is 11.5. The lowest BCUT2D eigenvalue weighted by Gasteiger charge is -2.31. The van der Waals surface area contributed by atoms with Crippen LogP contribution in [0.5, 0.6) is 5.75 Å². The Morgan fingerprint density at radius 2 is 1.87 bits per heavy atom. The monoisotopic (exact) mass is 464 g/mol. The minimum Gasteiger partial charge on any atom is -0.483 e. The van der Waals surface area contributed by atoms with Crippen molar-refractivity contribution in [2.24, 2.45) is 11.8 Å². The van der Waals surface area contributed by atoms with Gasteiger partial charge in [-0.3, -0.25) is 10.00 Å². The second kappa shape index (κ2) is 7.52. The fraction of sp³-hybridized carbons (Fsp3) is 0.375. The van der Waals surface area contributed by atoms with Gasteiger partial charge in [0, 0.05) is 29.3 Å². The molecule has 0 bridgehead atoms. The number of likely N-dealkylation sites (tertiary alicyclic amines) is 1. The molecule has 1 aromatic heterocycles. The molecular weight excluding hydrogens is 440 g/mol. The topological polar surface area (TPSA) is 53.2 Å². The summed E-state index contributed by atoms with van der Waals surface area (Å²) in [6.07, 6.45) is 2.88. The van der Waals surface area contributed by atoms with Gasteiger partial charge in [-0.15, -0.1) is 0 Å². The molecule has 2 N–H and O–H groups in total. The summed E-state index contributed by atoms with van der Waals surface area (Å²) in [6.45, 7) is 4.65. The maximum Gasteiger partial charge on any atom is 0.140 e.